The fourth-order valence-corrected chi connectivity index (χ4v) is 0.963. The zero-order valence-electron chi connectivity index (χ0n) is 6.68. The van der Waals surface area contributed by atoms with E-state index in [0.717, 1.165) is 11.4 Å². The number of nitrogens with zero attached hydrogens (tertiary/aromatic N) is 4. The van der Waals surface area contributed by atoms with E-state index in [1.807, 2.05) is 25.3 Å². The van der Waals surface area contributed by atoms with Gasteiger partial charge in [0.15, 0.2) is 11.9 Å². The Morgan fingerprint density at radius 2 is 2.42 bits per heavy atom. The third-order valence-corrected chi connectivity index (χ3v) is 1.52. The standard InChI is InChI=1S/C8H8N4/c1-7-6-12(11-10-7)8-3-2-4-9-5-8/h2-6H,1H3/q+1. The van der Waals surface area contributed by atoms with Crippen LogP contribution < -0.4 is 10.1 Å². The topological polar surface area (TPSA) is 42.6 Å². The van der Waals surface area contributed by atoms with E-state index in [1.54, 1.807) is 17.4 Å². The van der Waals surface area contributed by atoms with Gasteiger partial charge in [0.2, 0.25) is 5.70 Å². The van der Waals surface area contributed by atoms with Crippen LogP contribution in [-0.4, -0.2) is 4.98 Å². The molecule has 0 bridgehead atoms. The van der Waals surface area contributed by atoms with Gasteiger partial charge >= 0.3 is 0 Å². The third kappa shape index (κ3) is 1.18. The lowest BCUT2D eigenvalue weighted by molar-refractivity contribution is 0.941. The molecule has 0 spiro atoms. The maximum atomic E-state index is 3.98. The molecular weight excluding hydrogens is 152 g/mol. The molecule has 4 nitrogen and oxygen atoms in total. The van der Waals surface area contributed by atoms with Crippen LogP contribution >= 0.6 is 0 Å². The highest BCUT2D eigenvalue weighted by Crippen LogP contribution is 2.15. The average molecular weight is 160 g/mol. The molecule has 0 saturated carbocycles. The van der Waals surface area contributed by atoms with Crippen molar-refractivity contribution in [2.24, 2.45) is 5.22 Å². The number of anilines is 1. The first kappa shape index (κ1) is 6.97. The minimum absolute atomic E-state index is 0.902. The van der Waals surface area contributed by atoms with Gasteiger partial charge in [0, 0.05) is 13.1 Å². The number of aromatic nitrogens is 1. The zero-order valence-corrected chi connectivity index (χ0v) is 6.68. The smallest absolute Gasteiger partial charge is 0.218 e. The molecule has 0 aliphatic carbocycles. The first-order valence-corrected chi connectivity index (χ1v) is 3.65. The van der Waals surface area contributed by atoms with Crippen LogP contribution in [0, 0.1) is 0 Å². The fraction of sp³-hybridized carbons (Fsp3) is 0.125. The minimum atomic E-state index is 0.902. The summed E-state index contributed by atoms with van der Waals surface area (Å²) in [5.41, 5.74) is 1.83. The second-order valence-electron chi connectivity index (χ2n) is 2.52. The number of hydrogen-bond donors (Lipinski definition) is 0. The Morgan fingerprint density at radius 1 is 1.50 bits per heavy atom. The molecule has 1 aromatic heterocycles. The molecule has 0 amide bonds. The van der Waals surface area contributed by atoms with Gasteiger partial charge in [-0.2, -0.15) is 0 Å². The van der Waals surface area contributed by atoms with Crippen molar-refractivity contribution in [3.05, 3.63) is 36.4 Å². The van der Waals surface area contributed by atoms with Crippen molar-refractivity contribution in [3.63, 3.8) is 0 Å². The molecule has 0 fully saturated rings. The van der Waals surface area contributed by atoms with Gasteiger partial charge in [0.25, 0.3) is 0 Å². The molecule has 4 heteroatoms. The van der Waals surface area contributed by atoms with Gasteiger partial charge in [0.1, 0.15) is 5.22 Å². The van der Waals surface area contributed by atoms with Crippen LogP contribution in [0.2, 0.25) is 0 Å². The van der Waals surface area contributed by atoms with Crippen LogP contribution in [0.1, 0.15) is 6.92 Å². The lowest BCUT2D eigenvalue weighted by Crippen LogP contribution is -2.03. The van der Waals surface area contributed by atoms with Crippen molar-refractivity contribution in [2.75, 3.05) is 5.01 Å². The SMILES string of the molecule is CC1=CN(c2cccnc2)N=[N+]1. The van der Waals surface area contributed by atoms with Crippen molar-refractivity contribution in [1.82, 2.24) is 10.1 Å². The molecule has 59 valence electrons. The normalized spacial score (nSPS) is 15.1. The van der Waals surface area contributed by atoms with E-state index < -0.39 is 0 Å². The third-order valence-electron chi connectivity index (χ3n) is 1.52. The Labute approximate surface area is 70.2 Å². The molecule has 0 unspecified atom stereocenters. The summed E-state index contributed by atoms with van der Waals surface area (Å²) in [6.07, 6.45) is 5.33. The quantitative estimate of drug-likeness (QED) is 0.624. The van der Waals surface area contributed by atoms with Crippen LogP contribution in [0.5, 0.6) is 0 Å². The van der Waals surface area contributed by atoms with Gasteiger partial charge in [-0.15, -0.1) is 0 Å². The van der Waals surface area contributed by atoms with Crippen molar-refractivity contribution in [3.8, 4) is 0 Å². The Bertz CT molecular complexity index is 328. The highest BCUT2D eigenvalue weighted by molar-refractivity contribution is 5.46. The van der Waals surface area contributed by atoms with Crippen molar-refractivity contribution in [2.45, 2.75) is 6.92 Å². The molecule has 2 rings (SSSR count). The van der Waals surface area contributed by atoms with E-state index in [4.69, 9.17) is 0 Å². The molecule has 1 aromatic rings. The molecule has 1 aliphatic heterocycles. The summed E-state index contributed by atoms with van der Waals surface area (Å²) in [5, 5.41) is 9.49. The van der Waals surface area contributed by atoms with Crippen molar-refractivity contribution in [1.29, 1.82) is 0 Å². The molecular formula is C8H8N4+. The summed E-state index contributed by atoms with van der Waals surface area (Å²) < 4.78 is 0. The van der Waals surface area contributed by atoms with Gasteiger partial charge in [-0.25, -0.2) is 0 Å². The van der Waals surface area contributed by atoms with Crippen molar-refractivity contribution < 1.29 is 0 Å². The first-order valence-electron chi connectivity index (χ1n) is 3.65. The van der Waals surface area contributed by atoms with E-state index in [2.05, 4.69) is 15.3 Å². The van der Waals surface area contributed by atoms with Crippen LogP contribution in [-0.2, 0) is 0 Å². The number of rotatable bonds is 1. The monoisotopic (exact) mass is 160 g/mol. The highest BCUT2D eigenvalue weighted by Gasteiger charge is 2.18. The van der Waals surface area contributed by atoms with E-state index in [-0.39, 0.29) is 0 Å². The lowest BCUT2D eigenvalue weighted by atomic mass is 10.4. The molecule has 1 aliphatic rings. The summed E-state index contributed by atoms with van der Waals surface area (Å²) in [4.78, 5) is 3.98. The summed E-state index contributed by atoms with van der Waals surface area (Å²) in [5.74, 6) is 0. The number of pyridine rings is 1. The average Bonchev–Trinajstić information content (AvgIpc) is 2.54. The van der Waals surface area contributed by atoms with Crippen LogP contribution in [0.25, 0.3) is 0 Å². The number of hydrogen-bond acceptors (Lipinski definition) is 4. The first-order chi connectivity index (χ1) is 5.86. The van der Waals surface area contributed by atoms with Crippen LogP contribution in [0.3, 0.4) is 0 Å². The van der Waals surface area contributed by atoms with Gasteiger partial charge in [0.05, 0.1) is 11.3 Å². The maximum Gasteiger partial charge on any atom is 0.218 e. The van der Waals surface area contributed by atoms with Gasteiger partial charge < -0.3 is 0 Å². The van der Waals surface area contributed by atoms with Crippen LogP contribution in [0.4, 0.5) is 5.69 Å². The molecule has 0 aromatic carbocycles. The Morgan fingerprint density at radius 3 is 3.00 bits per heavy atom. The molecule has 2 heterocycles. The molecule has 1 radical (unpaired) electrons. The predicted molar refractivity (Wildman–Crippen MR) is 45.0 cm³/mol. The van der Waals surface area contributed by atoms with E-state index in [1.165, 1.54) is 0 Å². The van der Waals surface area contributed by atoms with Gasteiger partial charge in [-0.1, -0.05) is 5.01 Å². The Kier molecular flexibility index (Phi) is 1.59. The van der Waals surface area contributed by atoms with E-state index in [0.29, 0.717) is 0 Å². The fourth-order valence-electron chi connectivity index (χ4n) is 0.963. The molecule has 0 saturated heterocycles. The summed E-state index contributed by atoms with van der Waals surface area (Å²) in [6, 6.07) is 3.80. The largest absolute Gasteiger partial charge is 0.260 e. The Balaban J connectivity index is 2.29. The van der Waals surface area contributed by atoms with Crippen molar-refractivity contribution >= 4 is 5.69 Å². The minimum Gasteiger partial charge on any atom is -0.260 e. The second kappa shape index (κ2) is 2.73. The predicted octanol–water partition coefficient (Wildman–Crippen LogP) is 1.47. The number of allylic oxidation sites excluding steroid dienone is 1. The Hall–Kier alpha value is -1.71. The molecule has 0 N–H and O–H groups in total. The highest BCUT2D eigenvalue weighted by atomic mass is 15.6. The lowest BCUT2D eigenvalue weighted by Gasteiger charge is -1.96. The second-order valence-corrected chi connectivity index (χ2v) is 2.52. The molecule has 12 heavy (non-hydrogen) atoms. The maximum absolute atomic E-state index is 3.98. The van der Waals surface area contributed by atoms with E-state index >= 15 is 0 Å². The van der Waals surface area contributed by atoms with Gasteiger partial charge in [-0.3, -0.25) is 4.98 Å². The zero-order chi connectivity index (χ0) is 8.39. The summed E-state index contributed by atoms with van der Waals surface area (Å²) in [7, 11) is 0. The molecule has 0 atom stereocenters. The van der Waals surface area contributed by atoms with Crippen LogP contribution in [0.15, 0.2) is 41.6 Å². The summed E-state index contributed by atoms with van der Waals surface area (Å²) >= 11 is 0. The van der Waals surface area contributed by atoms with E-state index in [9.17, 15) is 0 Å². The van der Waals surface area contributed by atoms with Gasteiger partial charge in [-0.05, 0) is 12.1 Å². The summed E-state index contributed by atoms with van der Waals surface area (Å²) in [6.45, 7) is 1.90.